The summed E-state index contributed by atoms with van der Waals surface area (Å²) in [5.74, 6) is 6.40. The molecule has 4 saturated carbocycles. The van der Waals surface area contributed by atoms with Crippen LogP contribution in [0.4, 0.5) is 0 Å². The van der Waals surface area contributed by atoms with Crippen LogP contribution < -0.4 is 0 Å². The highest BCUT2D eigenvalue weighted by Crippen LogP contribution is 2.68. The molecule has 210 valence electrons. The van der Waals surface area contributed by atoms with E-state index in [2.05, 4.69) is 68.6 Å². The largest absolute Gasteiger partial charge is 0.393 e. The first kappa shape index (κ1) is 26.8. The number of nitrogens with zero attached hydrogens (tertiary/aromatic N) is 3. The van der Waals surface area contributed by atoms with Crippen molar-refractivity contribution in [1.82, 2.24) is 14.5 Å². The van der Waals surface area contributed by atoms with E-state index in [9.17, 15) is 5.11 Å². The minimum Gasteiger partial charge on any atom is -0.393 e. The third-order valence-electron chi connectivity index (χ3n) is 12.7. The summed E-state index contributed by atoms with van der Waals surface area (Å²) in [4.78, 5) is 7.40. The number of hydrogen-bond acceptors (Lipinski definition) is 3. The highest BCUT2D eigenvalue weighted by molar-refractivity contribution is 5.75. The molecule has 0 radical (unpaired) electrons. The molecule has 2 aromatic rings. The summed E-state index contributed by atoms with van der Waals surface area (Å²) in [6.45, 7) is 9.96. The number of benzene rings is 1. The Morgan fingerprint density at radius 1 is 1.00 bits per heavy atom. The van der Waals surface area contributed by atoms with Crippen molar-refractivity contribution in [3.8, 4) is 0 Å². The Balaban J connectivity index is 1.16. The van der Waals surface area contributed by atoms with Gasteiger partial charge in [0.15, 0.2) is 0 Å². The van der Waals surface area contributed by atoms with Crippen molar-refractivity contribution in [3.05, 3.63) is 30.1 Å². The van der Waals surface area contributed by atoms with E-state index >= 15 is 0 Å². The van der Waals surface area contributed by atoms with Crippen LogP contribution in [0, 0.1) is 46.3 Å². The molecule has 0 bridgehead atoms. The maximum Gasteiger partial charge on any atom is 0.109 e. The molecule has 1 heterocycles. The van der Waals surface area contributed by atoms with Crippen LogP contribution in [0.5, 0.6) is 0 Å². The highest BCUT2D eigenvalue weighted by Gasteiger charge is 2.60. The Hall–Kier alpha value is -1.39. The standard InChI is InChI=1S/C34H53N3O/c1-23(10-15-32-35-30-8-6-7-9-31(30)37(32)21-20-36(4)5)27-13-14-28-26-12-11-24-22-25(38)16-18-33(24,2)29(26)17-19-34(27,28)3/h6-9,23-29,38H,10-22H2,1-5H3/t23-,24-,25-,26+,27-,28+,29+,33+,34-/m1/s1. The average molecular weight is 520 g/mol. The lowest BCUT2D eigenvalue weighted by atomic mass is 9.44. The molecule has 0 unspecified atom stereocenters. The Morgan fingerprint density at radius 3 is 2.58 bits per heavy atom. The molecular weight excluding hydrogens is 466 g/mol. The zero-order chi connectivity index (χ0) is 26.7. The molecule has 38 heavy (non-hydrogen) atoms. The van der Waals surface area contributed by atoms with E-state index in [1.165, 1.54) is 62.7 Å². The average Bonchev–Trinajstić information content (AvgIpc) is 3.43. The zero-order valence-electron chi connectivity index (χ0n) is 24.8. The van der Waals surface area contributed by atoms with Gasteiger partial charge < -0.3 is 14.6 Å². The maximum atomic E-state index is 10.4. The zero-order valence-corrected chi connectivity index (χ0v) is 24.8. The summed E-state index contributed by atoms with van der Waals surface area (Å²) in [5.41, 5.74) is 3.45. The van der Waals surface area contributed by atoms with Crippen LogP contribution in [-0.4, -0.2) is 46.3 Å². The van der Waals surface area contributed by atoms with E-state index in [0.717, 1.165) is 73.4 Å². The third-order valence-corrected chi connectivity index (χ3v) is 12.7. The normalized spacial score (nSPS) is 39.7. The Kier molecular flexibility index (Phi) is 7.21. The molecule has 0 amide bonds. The number of aliphatic hydroxyl groups is 1. The van der Waals surface area contributed by atoms with Crippen LogP contribution in [0.15, 0.2) is 24.3 Å². The van der Waals surface area contributed by atoms with Crippen molar-refractivity contribution in [2.24, 2.45) is 46.3 Å². The van der Waals surface area contributed by atoms with Crippen LogP contribution >= 0.6 is 0 Å². The first-order chi connectivity index (χ1) is 18.2. The van der Waals surface area contributed by atoms with Gasteiger partial charge in [-0.05, 0) is 137 Å². The van der Waals surface area contributed by atoms with Gasteiger partial charge in [0.05, 0.1) is 17.1 Å². The fraction of sp³-hybridized carbons (Fsp3) is 0.794. The van der Waals surface area contributed by atoms with E-state index in [1.807, 2.05) is 0 Å². The number of aryl methyl sites for hydroxylation is 1. The molecule has 6 rings (SSSR count). The maximum absolute atomic E-state index is 10.4. The number of fused-ring (bicyclic) bond motifs is 6. The van der Waals surface area contributed by atoms with Crippen LogP contribution in [0.2, 0.25) is 0 Å². The van der Waals surface area contributed by atoms with Crippen molar-refractivity contribution in [2.45, 2.75) is 104 Å². The smallest absolute Gasteiger partial charge is 0.109 e. The van der Waals surface area contributed by atoms with E-state index in [0.29, 0.717) is 10.8 Å². The Morgan fingerprint density at radius 2 is 1.76 bits per heavy atom. The third kappa shape index (κ3) is 4.46. The van der Waals surface area contributed by atoms with Crippen molar-refractivity contribution in [1.29, 1.82) is 0 Å². The molecule has 1 N–H and O–H groups in total. The van der Waals surface area contributed by atoms with Crippen molar-refractivity contribution in [2.75, 3.05) is 20.6 Å². The van der Waals surface area contributed by atoms with Gasteiger partial charge in [0.2, 0.25) is 0 Å². The number of aliphatic hydroxyl groups excluding tert-OH is 1. The Labute approximate surface area is 231 Å². The lowest BCUT2D eigenvalue weighted by Gasteiger charge is -2.61. The summed E-state index contributed by atoms with van der Waals surface area (Å²) < 4.78 is 2.49. The van der Waals surface area contributed by atoms with E-state index in [4.69, 9.17) is 4.98 Å². The predicted octanol–water partition coefficient (Wildman–Crippen LogP) is 7.19. The number of rotatable bonds is 7. The van der Waals surface area contributed by atoms with Gasteiger partial charge >= 0.3 is 0 Å². The fourth-order valence-corrected chi connectivity index (χ4v) is 10.6. The summed E-state index contributed by atoms with van der Waals surface area (Å²) in [7, 11) is 4.33. The van der Waals surface area contributed by atoms with Gasteiger partial charge in [-0.15, -0.1) is 0 Å². The lowest BCUT2D eigenvalue weighted by molar-refractivity contribution is -0.129. The lowest BCUT2D eigenvalue weighted by Crippen LogP contribution is -2.54. The molecule has 4 aliphatic carbocycles. The second-order valence-electron chi connectivity index (χ2n) is 14.8. The van der Waals surface area contributed by atoms with Crippen LogP contribution in [0.25, 0.3) is 11.0 Å². The molecule has 0 spiro atoms. The molecule has 4 nitrogen and oxygen atoms in total. The van der Waals surface area contributed by atoms with Gasteiger partial charge in [-0.25, -0.2) is 4.98 Å². The minimum absolute atomic E-state index is 0.0359. The van der Waals surface area contributed by atoms with Gasteiger partial charge in [0, 0.05) is 19.5 Å². The molecular formula is C34H53N3O. The van der Waals surface area contributed by atoms with Crippen LogP contribution in [0.1, 0.15) is 90.8 Å². The van der Waals surface area contributed by atoms with Gasteiger partial charge in [0.25, 0.3) is 0 Å². The van der Waals surface area contributed by atoms with E-state index in [1.54, 1.807) is 0 Å². The van der Waals surface area contributed by atoms with Crippen LogP contribution in [-0.2, 0) is 13.0 Å². The van der Waals surface area contributed by atoms with E-state index < -0.39 is 0 Å². The summed E-state index contributed by atoms with van der Waals surface area (Å²) in [6.07, 6.45) is 14.2. The van der Waals surface area contributed by atoms with Crippen molar-refractivity contribution >= 4 is 11.0 Å². The first-order valence-corrected chi connectivity index (χ1v) is 16.0. The second kappa shape index (κ2) is 10.2. The molecule has 4 aliphatic rings. The van der Waals surface area contributed by atoms with Gasteiger partial charge in [-0.3, -0.25) is 0 Å². The quantitative estimate of drug-likeness (QED) is 0.421. The summed E-state index contributed by atoms with van der Waals surface area (Å²) in [5, 5.41) is 10.4. The number of aromatic nitrogens is 2. The number of hydrogen-bond donors (Lipinski definition) is 1. The number of imidazole rings is 1. The van der Waals surface area contributed by atoms with Crippen molar-refractivity contribution in [3.63, 3.8) is 0 Å². The van der Waals surface area contributed by atoms with Gasteiger partial charge in [-0.2, -0.15) is 0 Å². The second-order valence-corrected chi connectivity index (χ2v) is 14.8. The summed E-state index contributed by atoms with van der Waals surface area (Å²) >= 11 is 0. The fourth-order valence-electron chi connectivity index (χ4n) is 10.6. The number of likely N-dealkylation sites (N-methyl/N-ethyl adjacent to an activating group) is 1. The molecule has 4 fully saturated rings. The van der Waals surface area contributed by atoms with Crippen molar-refractivity contribution < 1.29 is 5.11 Å². The minimum atomic E-state index is -0.0359. The van der Waals surface area contributed by atoms with Gasteiger partial charge in [0.1, 0.15) is 5.82 Å². The SMILES string of the molecule is C[C@H](CCc1nc2ccccc2n1CCN(C)C)[C@H]1CC[C@H]2[C@@H]3CC[C@@H]4C[C@H](O)CC[C@]4(C)[C@H]3CC[C@]12C. The predicted molar refractivity (Wildman–Crippen MR) is 157 cm³/mol. The van der Waals surface area contributed by atoms with Crippen LogP contribution in [0.3, 0.4) is 0 Å². The molecule has 0 aliphatic heterocycles. The topological polar surface area (TPSA) is 41.3 Å². The summed E-state index contributed by atoms with van der Waals surface area (Å²) in [6, 6.07) is 8.70. The molecule has 1 aromatic carbocycles. The first-order valence-electron chi connectivity index (χ1n) is 16.0. The van der Waals surface area contributed by atoms with E-state index in [-0.39, 0.29) is 6.10 Å². The molecule has 9 atom stereocenters. The molecule has 1 aromatic heterocycles. The number of para-hydroxylation sites is 2. The molecule has 0 saturated heterocycles. The van der Waals surface area contributed by atoms with Gasteiger partial charge in [-0.1, -0.05) is 32.9 Å². The Bertz CT molecular complexity index is 1120. The highest BCUT2D eigenvalue weighted by atomic mass is 16.3. The monoisotopic (exact) mass is 519 g/mol. The molecule has 4 heteroatoms.